The maximum absolute atomic E-state index is 12.0. The van der Waals surface area contributed by atoms with Crippen LogP contribution in [0.2, 0.25) is 0 Å². The first-order valence-corrected chi connectivity index (χ1v) is 7.90. The van der Waals surface area contributed by atoms with E-state index in [1.807, 2.05) is 0 Å². The molecule has 1 saturated carbocycles. The predicted molar refractivity (Wildman–Crippen MR) is 77.6 cm³/mol. The topological polar surface area (TPSA) is 78.9 Å². The third kappa shape index (κ3) is 4.41. The van der Waals surface area contributed by atoms with E-state index in [-0.39, 0.29) is 24.0 Å². The molecule has 1 heterocycles. The van der Waals surface area contributed by atoms with Gasteiger partial charge in [-0.05, 0) is 19.3 Å². The van der Waals surface area contributed by atoms with E-state index in [2.05, 4.69) is 5.32 Å². The summed E-state index contributed by atoms with van der Waals surface area (Å²) in [6.45, 7) is 1.23. The molecule has 2 fully saturated rings. The Labute approximate surface area is 125 Å². The van der Waals surface area contributed by atoms with E-state index in [0.29, 0.717) is 19.4 Å². The highest BCUT2D eigenvalue weighted by molar-refractivity contribution is 5.80. The summed E-state index contributed by atoms with van der Waals surface area (Å²) in [5.74, 6) is 0.0345. The SMILES string of the molecule is CO[C@@H]1CCCC[C@@H](NC(=O)CCN2CCCC2=O)[C@H]1O. The smallest absolute Gasteiger partial charge is 0.222 e. The fourth-order valence-corrected chi connectivity index (χ4v) is 3.18. The van der Waals surface area contributed by atoms with Gasteiger partial charge in [0.1, 0.15) is 6.10 Å². The van der Waals surface area contributed by atoms with E-state index in [4.69, 9.17) is 4.74 Å². The van der Waals surface area contributed by atoms with Crippen LogP contribution >= 0.6 is 0 Å². The number of hydrogen-bond acceptors (Lipinski definition) is 4. The molecular formula is C15H26N2O4. The number of hydrogen-bond donors (Lipinski definition) is 2. The molecule has 0 spiro atoms. The van der Waals surface area contributed by atoms with Gasteiger partial charge >= 0.3 is 0 Å². The number of aliphatic hydroxyl groups excluding tert-OH is 1. The highest BCUT2D eigenvalue weighted by Gasteiger charge is 2.31. The van der Waals surface area contributed by atoms with Crippen LogP contribution in [0.5, 0.6) is 0 Å². The minimum atomic E-state index is -0.658. The number of aliphatic hydroxyl groups is 1. The number of ether oxygens (including phenoxy) is 1. The molecule has 2 amide bonds. The number of amides is 2. The van der Waals surface area contributed by atoms with Crippen LogP contribution in [-0.4, -0.2) is 60.3 Å². The van der Waals surface area contributed by atoms with Crippen molar-refractivity contribution < 1.29 is 19.4 Å². The summed E-state index contributed by atoms with van der Waals surface area (Å²) in [4.78, 5) is 25.3. The molecule has 0 aromatic heterocycles. The van der Waals surface area contributed by atoms with Crippen LogP contribution in [0.15, 0.2) is 0 Å². The Kier molecular flexibility index (Phi) is 5.99. The summed E-state index contributed by atoms with van der Waals surface area (Å²) in [5.41, 5.74) is 0. The summed E-state index contributed by atoms with van der Waals surface area (Å²) in [5, 5.41) is 13.2. The van der Waals surface area contributed by atoms with Gasteiger partial charge in [0.2, 0.25) is 11.8 Å². The maximum Gasteiger partial charge on any atom is 0.222 e. The van der Waals surface area contributed by atoms with Gasteiger partial charge < -0.3 is 20.1 Å². The molecule has 1 saturated heterocycles. The van der Waals surface area contributed by atoms with Gasteiger partial charge in [-0.2, -0.15) is 0 Å². The number of rotatable bonds is 5. The number of likely N-dealkylation sites (tertiary alicyclic amines) is 1. The van der Waals surface area contributed by atoms with Crippen LogP contribution in [0.1, 0.15) is 44.9 Å². The molecule has 2 rings (SSSR count). The van der Waals surface area contributed by atoms with Gasteiger partial charge in [0.15, 0.2) is 0 Å². The molecule has 0 aromatic carbocycles. The molecule has 120 valence electrons. The van der Waals surface area contributed by atoms with Crippen molar-refractivity contribution in [3.8, 4) is 0 Å². The number of nitrogens with zero attached hydrogens (tertiary/aromatic N) is 1. The summed E-state index contributed by atoms with van der Waals surface area (Å²) < 4.78 is 5.30. The lowest BCUT2D eigenvalue weighted by molar-refractivity contribution is -0.129. The molecule has 2 N–H and O–H groups in total. The van der Waals surface area contributed by atoms with Gasteiger partial charge in [-0.3, -0.25) is 9.59 Å². The molecule has 0 unspecified atom stereocenters. The van der Waals surface area contributed by atoms with Crippen LogP contribution in [0, 0.1) is 0 Å². The first-order chi connectivity index (χ1) is 10.1. The van der Waals surface area contributed by atoms with Gasteiger partial charge in [-0.25, -0.2) is 0 Å². The van der Waals surface area contributed by atoms with Crippen molar-refractivity contribution >= 4 is 11.8 Å². The Morgan fingerprint density at radius 1 is 1.38 bits per heavy atom. The van der Waals surface area contributed by atoms with Gasteiger partial charge in [0.05, 0.1) is 12.1 Å². The van der Waals surface area contributed by atoms with E-state index >= 15 is 0 Å². The molecule has 0 aromatic rings. The summed E-state index contributed by atoms with van der Waals surface area (Å²) >= 11 is 0. The zero-order valence-corrected chi connectivity index (χ0v) is 12.7. The van der Waals surface area contributed by atoms with Crippen LogP contribution in [0.25, 0.3) is 0 Å². The van der Waals surface area contributed by atoms with Crippen LogP contribution < -0.4 is 5.32 Å². The first kappa shape index (κ1) is 16.2. The number of methoxy groups -OCH3 is 1. The fraction of sp³-hybridized carbons (Fsp3) is 0.867. The molecule has 6 nitrogen and oxygen atoms in total. The van der Waals surface area contributed by atoms with Crippen molar-refractivity contribution in [2.75, 3.05) is 20.2 Å². The fourth-order valence-electron chi connectivity index (χ4n) is 3.18. The predicted octanol–water partition coefficient (Wildman–Crippen LogP) is 0.434. The summed E-state index contributed by atoms with van der Waals surface area (Å²) in [6, 6.07) is -0.251. The van der Waals surface area contributed by atoms with E-state index in [1.165, 1.54) is 0 Å². The Morgan fingerprint density at radius 2 is 2.14 bits per heavy atom. The Morgan fingerprint density at radius 3 is 2.81 bits per heavy atom. The quantitative estimate of drug-likeness (QED) is 0.722. The Bertz CT molecular complexity index is 375. The van der Waals surface area contributed by atoms with E-state index in [1.54, 1.807) is 12.0 Å². The van der Waals surface area contributed by atoms with E-state index in [0.717, 1.165) is 38.6 Å². The van der Waals surface area contributed by atoms with Crippen LogP contribution in [0.3, 0.4) is 0 Å². The highest BCUT2D eigenvalue weighted by atomic mass is 16.5. The van der Waals surface area contributed by atoms with Crippen molar-refractivity contribution in [2.24, 2.45) is 0 Å². The van der Waals surface area contributed by atoms with E-state index < -0.39 is 6.10 Å². The molecule has 0 radical (unpaired) electrons. The second-order valence-electron chi connectivity index (χ2n) is 5.96. The third-order valence-electron chi connectivity index (χ3n) is 4.48. The lowest BCUT2D eigenvalue weighted by Crippen LogP contribution is -2.48. The van der Waals surface area contributed by atoms with Crippen molar-refractivity contribution in [2.45, 2.75) is 63.2 Å². The van der Waals surface area contributed by atoms with Gasteiger partial charge in [0.25, 0.3) is 0 Å². The third-order valence-corrected chi connectivity index (χ3v) is 4.48. The Hall–Kier alpha value is -1.14. The molecule has 3 atom stereocenters. The van der Waals surface area contributed by atoms with Gasteiger partial charge in [-0.1, -0.05) is 12.8 Å². The Balaban J connectivity index is 1.79. The number of nitrogens with one attached hydrogen (secondary N) is 1. The normalized spacial score (nSPS) is 30.3. The molecule has 0 bridgehead atoms. The number of carbonyl (C=O) groups excluding carboxylic acids is 2. The minimum Gasteiger partial charge on any atom is -0.388 e. The zero-order valence-electron chi connectivity index (χ0n) is 12.7. The van der Waals surface area contributed by atoms with Crippen LogP contribution in [0.4, 0.5) is 0 Å². The number of carbonyl (C=O) groups is 2. The summed E-state index contributed by atoms with van der Waals surface area (Å²) in [7, 11) is 1.59. The second-order valence-corrected chi connectivity index (χ2v) is 5.96. The molecule has 6 heteroatoms. The minimum absolute atomic E-state index is 0.101. The largest absolute Gasteiger partial charge is 0.388 e. The van der Waals surface area contributed by atoms with Crippen molar-refractivity contribution in [1.82, 2.24) is 10.2 Å². The van der Waals surface area contributed by atoms with Crippen molar-refractivity contribution in [3.63, 3.8) is 0 Å². The summed E-state index contributed by atoms with van der Waals surface area (Å²) in [6.07, 6.45) is 4.49. The molecule has 2 aliphatic rings. The maximum atomic E-state index is 12.0. The van der Waals surface area contributed by atoms with Crippen molar-refractivity contribution in [1.29, 1.82) is 0 Å². The lowest BCUT2D eigenvalue weighted by Gasteiger charge is -2.27. The van der Waals surface area contributed by atoms with Crippen molar-refractivity contribution in [3.05, 3.63) is 0 Å². The first-order valence-electron chi connectivity index (χ1n) is 7.90. The lowest BCUT2D eigenvalue weighted by atomic mass is 10.0. The molecular weight excluding hydrogens is 272 g/mol. The molecule has 1 aliphatic heterocycles. The molecule has 21 heavy (non-hydrogen) atoms. The standard InChI is InChI=1S/C15H26N2O4/c1-21-12-6-3-2-5-11(15(12)20)16-13(18)8-10-17-9-4-7-14(17)19/h11-12,15,20H,2-10H2,1H3,(H,16,18)/t11-,12-,15-/m1/s1. The van der Waals surface area contributed by atoms with Crippen LogP contribution in [-0.2, 0) is 14.3 Å². The monoisotopic (exact) mass is 298 g/mol. The van der Waals surface area contributed by atoms with Gasteiger partial charge in [-0.15, -0.1) is 0 Å². The van der Waals surface area contributed by atoms with Gasteiger partial charge in [0, 0.05) is 33.0 Å². The second kappa shape index (κ2) is 7.75. The molecule has 1 aliphatic carbocycles. The highest BCUT2D eigenvalue weighted by Crippen LogP contribution is 2.21. The average Bonchev–Trinajstić information content (AvgIpc) is 2.80. The van der Waals surface area contributed by atoms with E-state index in [9.17, 15) is 14.7 Å². The average molecular weight is 298 g/mol. The zero-order chi connectivity index (χ0) is 15.2.